The fourth-order valence-corrected chi connectivity index (χ4v) is 2.22. The van der Waals surface area contributed by atoms with Gasteiger partial charge in [0.1, 0.15) is 13.2 Å². The number of amides is 1. The Morgan fingerprint density at radius 2 is 1.92 bits per heavy atom. The Morgan fingerprint density at radius 3 is 2.71 bits per heavy atom. The molecule has 7 heteroatoms. The lowest BCUT2D eigenvalue weighted by molar-refractivity contribution is -0.384. The third-order valence-corrected chi connectivity index (χ3v) is 3.32. The molecule has 0 aromatic heterocycles. The number of anilines is 1. The van der Waals surface area contributed by atoms with Gasteiger partial charge in [-0.3, -0.25) is 14.9 Å². The van der Waals surface area contributed by atoms with Crippen LogP contribution in [-0.4, -0.2) is 24.0 Å². The monoisotopic (exact) mass is 326 g/mol. The van der Waals surface area contributed by atoms with Gasteiger partial charge in [0.25, 0.3) is 5.69 Å². The van der Waals surface area contributed by atoms with Crippen molar-refractivity contribution in [3.8, 4) is 11.5 Å². The molecule has 0 spiro atoms. The van der Waals surface area contributed by atoms with Crippen molar-refractivity contribution in [2.45, 2.75) is 0 Å². The van der Waals surface area contributed by atoms with E-state index >= 15 is 0 Å². The number of rotatable bonds is 4. The quantitative estimate of drug-likeness (QED) is 0.530. The van der Waals surface area contributed by atoms with Crippen molar-refractivity contribution in [1.82, 2.24) is 0 Å². The van der Waals surface area contributed by atoms with Gasteiger partial charge in [-0.1, -0.05) is 12.1 Å². The maximum atomic E-state index is 12.0. The van der Waals surface area contributed by atoms with E-state index in [9.17, 15) is 14.9 Å². The first-order valence-corrected chi connectivity index (χ1v) is 7.25. The number of fused-ring (bicyclic) bond motifs is 1. The van der Waals surface area contributed by atoms with Gasteiger partial charge in [0.05, 0.1) is 4.92 Å². The van der Waals surface area contributed by atoms with Crippen molar-refractivity contribution in [2.75, 3.05) is 18.5 Å². The summed E-state index contributed by atoms with van der Waals surface area (Å²) in [6.07, 6.45) is 2.83. The first-order chi connectivity index (χ1) is 11.6. The van der Waals surface area contributed by atoms with Crippen LogP contribution in [0.2, 0.25) is 0 Å². The van der Waals surface area contributed by atoms with Crippen molar-refractivity contribution in [3.63, 3.8) is 0 Å². The number of carbonyl (C=O) groups excluding carboxylic acids is 1. The highest BCUT2D eigenvalue weighted by Crippen LogP contribution is 2.32. The SMILES string of the molecule is O=C(/C=C/c1cccc([N+](=O)[O-])c1)Nc1ccc2c(c1)OCCO2. The van der Waals surface area contributed by atoms with Crippen LogP contribution < -0.4 is 14.8 Å². The summed E-state index contributed by atoms with van der Waals surface area (Å²) < 4.78 is 10.9. The summed E-state index contributed by atoms with van der Waals surface area (Å²) in [5.74, 6) is 0.881. The van der Waals surface area contributed by atoms with E-state index < -0.39 is 4.92 Å². The number of non-ortho nitro benzene ring substituents is 1. The predicted octanol–water partition coefficient (Wildman–Crippen LogP) is 3.02. The minimum atomic E-state index is -0.480. The standard InChI is InChI=1S/C17H14N2O5/c20-17(7-4-12-2-1-3-14(10-12)19(21)22)18-13-5-6-15-16(11-13)24-9-8-23-15/h1-7,10-11H,8-9H2,(H,18,20)/b7-4+. The molecule has 122 valence electrons. The van der Waals surface area contributed by atoms with E-state index in [1.54, 1.807) is 30.3 Å². The number of hydrogen-bond donors (Lipinski definition) is 1. The summed E-state index contributed by atoms with van der Waals surface area (Å²) in [4.78, 5) is 22.2. The van der Waals surface area contributed by atoms with E-state index in [1.165, 1.54) is 24.3 Å². The minimum absolute atomic E-state index is 0.0237. The Balaban J connectivity index is 1.67. The fraction of sp³-hybridized carbons (Fsp3) is 0.118. The zero-order valence-corrected chi connectivity index (χ0v) is 12.6. The van der Waals surface area contributed by atoms with Gasteiger partial charge in [-0.25, -0.2) is 0 Å². The van der Waals surface area contributed by atoms with E-state index in [-0.39, 0.29) is 11.6 Å². The average molecular weight is 326 g/mol. The third-order valence-electron chi connectivity index (χ3n) is 3.32. The van der Waals surface area contributed by atoms with Gasteiger partial charge in [-0.15, -0.1) is 0 Å². The number of benzene rings is 2. The molecular formula is C17H14N2O5. The minimum Gasteiger partial charge on any atom is -0.486 e. The van der Waals surface area contributed by atoms with Crippen molar-refractivity contribution in [2.24, 2.45) is 0 Å². The Kier molecular flexibility index (Phi) is 4.42. The van der Waals surface area contributed by atoms with E-state index in [1.807, 2.05) is 0 Å². The molecule has 1 N–H and O–H groups in total. The topological polar surface area (TPSA) is 90.7 Å². The van der Waals surface area contributed by atoms with Gasteiger partial charge >= 0.3 is 0 Å². The van der Waals surface area contributed by atoms with Crippen LogP contribution in [0.3, 0.4) is 0 Å². The summed E-state index contributed by atoms with van der Waals surface area (Å²) in [6, 6.07) is 11.2. The first kappa shape index (κ1) is 15.5. The molecule has 0 unspecified atom stereocenters. The molecule has 1 heterocycles. The van der Waals surface area contributed by atoms with Gasteiger partial charge in [0.2, 0.25) is 5.91 Å². The molecule has 0 fully saturated rings. The molecule has 24 heavy (non-hydrogen) atoms. The van der Waals surface area contributed by atoms with Gasteiger partial charge in [0.15, 0.2) is 11.5 Å². The third kappa shape index (κ3) is 3.70. The highest BCUT2D eigenvalue weighted by Gasteiger charge is 2.12. The maximum absolute atomic E-state index is 12.0. The van der Waals surface area contributed by atoms with Crippen LogP contribution in [0.25, 0.3) is 6.08 Å². The second-order valence-corrected chi connectivity index (χ2v) is 5.03. The summed E-state index contributed by atoms with van der Waals surface area (Å²) in [6.45, 7) is 0.974. The number of nitro benzene ring substituents is 1. The number of hydrogen-bond acceptors (Lipinski definition) is 5. The molecule has 2 aromatic carbocycles. The second-order valence-electron chi connectivity index (χ2n) is 5.03. The van der Waals surface area contributed by atoms with E-state index in [2.05, 4.69) is 5.32 Å². The zero-order chi connectivity index (χ0) is 16.9. The van der Waals surface area contributed by atoms with Gasteiger partial charge < -0.3 is 14.8 Å². The van der Waals surface area contributed by atoms with Crippen LogP contribution >= 0.6 is 0 Å². The second kappa shape index (κ2) is 6.82. The lowest BCUT2D eigenvalue weighted by Crippen LogP contribution is -2.16. The van der Waals surface area contributed by atoms with E-state index in [0.717, 1.165) is 0 Å². The van der Waals surface area contributed by atoms with Crippen molar-refractivity contribution in [3.05, 3.63) is 64.2 Å². The molecular weight excluding hydrogens is 312 g/mol. The maximum Gasteiger partial charge on any atom is 0.270 e. The van der Waals surface area contributed by atoms with E-state index in [4.69, 9.17) is 9.47 Å². The Morgan fingerprint density at radius 1 is 1.12 bits per heavy atom. The molecule has 0 bridgehead atoms. The normalized spacial score (nSPS) is 12.8. The Bertz CT molecular complexity index is 816. The first-order valence-electron chi connectivity index (χ1n) is 7.25. The van der Waals surface area contributed by atoms with Gasteiger partial charge in [-0.05, 0) is 23.8 Å². The number of nitrogens with one attached hydrogen (secondary N) is 1. The van der Waals surface area contributed by atoms with E-state index in [0.29, 0.717) is 36.0 Å². The molecule has 1 aliphatic rings. The number of nitro groups is 1. The molecule has 0 aliphatic carbocycles. The molecule has 7 nitrogen and oxygen atoms in total. The molecule has 0 radical (unpaired) electrons. The highest BCUT2D eigenvalue weighted by molar-refractivity contribution is 6.02. The average Bonchev–Trinajstić information content (AvgIpc) is 2.60. The van der Waals surface area contributed by atoms with Crippen LogP contribution in [0.5, 0.6) is 11.5 Å². The lowest BCUT2D eigenvalue weighted by atomic mass is 10.2. The van der Waals surface area contributed by atoms with Crippen LogP contribution in [0.1, 0.15) is 5.56 Å². The zero-order valence-electron chi connectivity index (χ0n) is 12.6. The lowest BCUT2D eigenvalue weighted by Gasteiger charge is -2.18. The molecule has 3 rings (SSSR count). The van der Waals surface area contributed by atoms with Crippen LogP contribution in [-0.2, 0) is 4.79 Å². The number of ether oxygens (including phenoxy) is 2. The summed E-state index contributed by atoms with van der Waals surface area (Å²) >= 11 is 0. The molecule has 0 saturated carbocycles. The summed E-state index contributed by atoms with van der Waals surface area (Å²) in [7, 11) is 0. The fourth-order valence-electron chi connectivity index (χ4n) is 2.22. The van der Waals surface area contributed by atoms with Crippen LogP contribution in [0.4, 0.5) is 11.4 Å². The van der Waals surface area contributed by atoms with Crippen molar-refractivity contribution >= 4 is 23.4 Å². The number of carbonyl (C=O) groups is 1. The van der Waals surface area contributed by atoms with Gasteiger partial charge in [-0.2, -0.15) is 0 Å². The van der Waals surface area contributed by atoms with Gasteiger partial charge in [0, 0.05) is 30.0 Å². The predicted molar refractivity (Wildman–Crippen MR) is 88.2 cm³/mol. The van der Waals surface area contributed by atoms with Crippen LogP contribution in [0, 0.1) is 10.1 Å². The molecule has 0 saturated heterocycles. The summed E-state index contributed by atoms with van der Waals surface area (Å²) in [5, 5.41) is 13.4. The Labute approximate surface area is 137 Å². The molecule has 1 amide bonds. The highest BCUT2D eigenvalue weighted by atomic mass is 16.6. The van der Waals surface area contributed by atoms with Crippen molar-refractivity contribution in [1.29, 1.82) is 0 Å². The largest absolute Gasteiger partial charge is 0.486 e. The molecule has 0 atom stereocenters. The van der Waals surface area contributed by atoms with Crippen molar-refractivity contribution < 1.29 is 19.2 Å². The van der Waals surface area contributed by atoms with Crippen LogP contribution in [0.15, 0.2) is 48.5 Å². The molecule has 1 aliphatic heterocycles. The summed E-state index contributed by atoms with van der Waals surface area (Å²) in [5.41, 5.74) is 1.12. The smallest absolute Gasteiger partial charge is 0.270 e. The Hall–Kier alpha value is -3.35. The molecule has 2 aromatic rings. The number of nitrogens with zero attached hydrogens (tertiary/aromatic N) is 1.